The Kier molecular flexibility index (Phi) is 4.50. The monoisotopic (exact) mass is 348 g/mol. The van der Waals surface area contributed by atoms with E-state index in [9.17, 15) is 4.79 Å². The topological polar surface area (TPSA) is 62.5 Å². The van der Waals surface area contributed by atoms with Crippen molar-refractivity contribution >= 4 is 11.6 Å². The molecular weight excluding hydrogens is 328 g/mol. The number of aryl methyl sites for hydroxylation is 1. The predicted molar refractivity (Wildman–Crippen MR) is 98.5 cm³/mol. The number of benzene rings is 2. The molecule has 2 aromatic carbocycles. The van der Waals surface area contributed by atoms with E-state index in [0.717, 1.165) is 23.4 Å². The minimum atomic E-state index is 0.0832. The Morgan fingerprint density at radius 1 is 1.04 bits per heavy atom. The third-order valence-corrected chi connectivity index (χ3v) is 4.51. The molecular formula is C20H20N4O2. The van der Waals surface area contributed by atoms with Gasteiger partial charge < -0.3 is 9.42 Å². The Bertz CT molecular complexity index is 907. The maximum absolute atomic E-state index is 12.8. The second-order valence-electron chi connectivity index (χ2n) is 6.37. The number of piperazine rings is 1. The summed E-state index contributed by atoms with van der Waals surface area (Å²) in [6, 6.07) is 18.2. The van der Waals surface area contributed by atoms with Gasteiger partial charge in [-0.1, -0.05) is 53.7 Å². The zero-order valence-corrected chi connectivity index (χ0v) is 14.6. The van der Waals surface area contributed by atoms with E-state index >= 15 is 0 Å². The molecule has 1 amide bonds. The van der Waals surface area contributed by atoms with Crippen molar-refractivity contribution in [2.24, 2.45) is 0 Å². The zero-order valence-electron chi connectivity index (χ0n) is 14.6. The number of carbonyl (C=O) groups excluding carboxylic acids is 1. The SMILES string of the molecule is Cc1nc(CN2CCN(c3ccccc3-c3ccccc3)C(=O)C2)no1. The van der Waals surface area contributed by atoms with Gasteiger partial charge in [-0.3, -0.25) is 9.69 Å². The van der Waals surface area contributed by atoms with Crippen molar-refractivity contribution in [1.82, 2.24) is 15.0 Å². The van der Waals surface area contributed by atoms with Gasteiger partial charge in [0.15, 0.2) is 5.82 Å². The van der Waals surface area contributed by atoms with Crippen molar-refractivity contribution in [1.29, 1.82) is 0 Å². The van der Waals surface area contributed by atoms with Crippen molar-refractivity contribution in [3.8, 4) is 11.1 Å². The van der Waals surface area contributed by atoms with Crippen LogP contribution in [0.3, 0.4) is 0 Å². The van der Waals surface area contributed by atoms with Gasteiger partial charge in [0.2, 0.25) is 11.8 Å². The Morgan fingerprint density at radius 2 is 1.81 bits per heavy atom. The van der Waals surface area contributed by atoms with Crippen LogP contribution in [0.1, 0.15) is 11.7 Å². The molecule has 6 nitrogen and oxygen atoms in total. The molecule has 2 heterocycles. The van der Waals surface area contributed by atoms with Gasteiger partial charge >= 0.3 is 0 Å². The van der Waals surface area contributed by atoms with Gasteiger partial charge in [-0.2, -0.15) is 4.98 Å². The van der Waals surface area contributed by atoms with Crippen molar-refractivity contribution in [3.05, 3.63) is 66.3 Å². The van der Waals surface area contributed by atoms with Crippen LogP contribution < -0.4 is 4.90 Å². The third-order valence-electron chi connectivity index (χ3n) is 4.51. The number of amides is 1. The number of nitrogens with zero attached hydrogens (tertiary/aromatic N) is 4. The number of rotatable bonds is 4. The maximum Gasteiger partial charge on any atom is 0.241 e. The van der Waals surface area contributed by atoms with E-state index in [1.165, 1.54) is 0 Å². The molecule has 26 heavy (non-hydrogen) atoms. The van der Waals surface area contributed by atoms with Crippen molar-refractivity contribution in [2.45, 2.75) is 13.5 Å². The second-order valence-corrected chi connectivity index (χ2v) is 6.37. The lowest BCUT2D eigenvalue weighted by molar-refractivity contribution is -0.121. The molecule has 3 aromatic rings. The van der Waals surface area contributed by atoms with Crippen molar-refractivity contribution < 1.29 is 9.32 Å². The molecule has 1 saturated heterocycles. The summed E-state index contributed by atoms with van der Waals surface area (Å²) in [5.74, 6) is 1.25. The van der Waals surface area contributed by atoms with Crippen LogP contribution in [-0.2, 0) is 11.3 Å². The first-order valence-corrected chi connectivity index (χ1v) is 8.67. The number of anilines is 1. The molecule has 1 fully saturated rings. The number of aromatic nitrogens is 2. The molecule has 0 aliphatic carbocycles. The summed E-state index contributed by atoms with van der Waals surface area (Å²) in [5.41, 5.74) is 3.14. The summed E-state index contributed by atoms with van der Waals surface area (Å²) in [6.45, 7) is 4.04. The Morgan fingerprint density at radius 3 is 2.54 bits per heavy atom. The fourth-order valence-electron chi connectivity index (χ4n) is 3.29. The first kappa shape index (κ1) is 16.5. The third kappa shape index (κ3) is 3.36. The first-order chi connectivity index (χ1) is 12.7. The normalized spacial score (nSPS) is 15.4. The highest BCUT2D eigenvalue weighted by atomic mass is 16.5. The molecule has 6 heteroatoms. The molecule has 0 saturated carbocycles. The summed E-state index contributed by atoms with van der Waals surface area (Å²) in [4.78, 5) is 20.9. The zero-order chi connectivity index (χ0) is 17.9. The molecule has 1 aliphatic rings. The molecule has 0 atom stereocenters. The van der Waals surface area contributed by atoms with Gasteiger partial charge in [0, 0.05) is 25.6 Å². The van der Waals surface area contributed by atoms with Crippen LogP contribution in [0.15, 0.2) is 59.1 Å². The van der Waals surface area contributed by atoms with Crippen LogP contribution in [0, 0.1) is 6.92 Å². The van der Waals surface area contributed by atoms with Gasteiger partial charge in [0.05, 0.1) is 18.8 Å². The summed E-state index contributed by atoms with van der Waals surface area (Å²) in [6.07, 6.45) is 0. The molecule has 0 unspecified atom stereocenters. The Hall–Kier alpha value is -2.99. The first-order valence-electron chi connectivity index (χ1n) is 8.67. The second kappa shape index (κ2) is 7.09. The standard InChI is InChI=1S/C20H20N4O2/c1-15-21-19(22-26-15)13-23-11-12-24(20(25)14-23)18-10-6-5-9-17(18)16-7-3-2-4-8-16/h2-10H,11-14H2,1H3. The molecule has 0 radical (unpaired) electrons. The van der Waals surface area contributed by atoms with Gasteiger partial charge in [0.1, 0.15) is 0 Å². The molecule has 1 aliphatic heterocycles. The molecule has 1 aromatic heterocycles. The van der Waals surface area contributed by atoms with E-state index in [0.29, 0.717) is 31.3 Å². The minimum absolute atomic E-state index is 0.0832. The largest absolute Gasteiger partial charge is 0.340 e. The van der Waals surface area contributed by atoms with Crippen molar-refractivity contribution in [2.75, 3.05) is 24.5 Å². The van der Waals surface area contributed by atoms with Gasteiger partial charge in [0.25, 0.3) is 0 Å². The van der Waals surface area contributed by atoms with Crippen LogP contribution in [-0.4, -0.2) is 40.6 Å². The lowest BCUT2D eigenvalue weighted by Crippen LogP contribution is -2.50. The molecule has 4 rings (SSSR count). The van der Waals surface area contributed by atoms with E-state index in [1.807, 2.05) is 46.2 Å². The molecule has 0 bridgehead atoms. The maximum atomic E-state index is 12.8. The lowest BCUT2D eigenvalue weighted by Gasteiger charge is -2.34. The average Bonchev–Trinajstić information content (AvgIpc) is 3.07. The number of hydrogen-bond donors (Lipinski definition) is 0. The highest BCUT2D eigenvalue weighted by molar-refractivity contribution is 5.99. The summed E-state index contributed by atoms with van der Waals surface area (Å²) >= 11 is 0. The highest BCUT2D eigenvalue weighted by Crippen LogP contribution is 2.31. The fourth-order valence-corrected chi connectivity index (χ4v) is 3.29. The summed E-state index contributed by atoms with van der Waals surface area (Å²) in [5, 5.41) is 3.91. The van der Waals surface area contributed by atoms with Crippen LogP contribution in [0.2, 0.25) is 0 Å². The van der Waals surface area contributed by atoms with E-state index in [2.05, 4.69) is 28.3 Å². The van der Waals surface area contributed by atoms with Crippen LogP contribution in [0.4, 0.5) is 5.69 Å². The molecule has 0 N–H and O–H groups in total. The predicted octanol–water partition coefficient (Wildman–Crippen LogP) is 2.89. The van der Waals surface area contributed by atoms with Crippen LogP contribution in [0.5, 0.6) is 0 Å². The van der Waals surface area contributed by atoms with Crippen molar-refractivity contribution in [3.63, 3.8) is 0 Å². The van der Waals surface area contributed by atoms with E-state index < -0.39 is 0 Å². The number of para-hydroxylation sites is 1. The minimum Gasteiger partial charge on any atom is -0.340 e. The van der Waals surface area contributed by atoms with Gasteiger partial charge in [-0.05, 0) is 11.6 Å². The van der Waals surface area contributed by atoms with E-state index in [4.69, 9.17) is 4.52 Å². The average molecular weight is 348 g/mol. The van der Waals surface area contributed by atoms with Gasteiger partial charge in [-0.25, -0.2) is 0 Å². The Balaban J connectivity index is 1.53. The fraction of sp³-hybridized carbons (Fsp3) is 0.250. The number of carbonyl (C=O) groups is 1. The quantitative estimate of drug-likeness (QED) is 0.725. The smallest absolute Gasteiger partial charge is 0.241 e. The highest BCUT2D eigenvalue weighted by Gasteiger charge is 2.27. The molecule has 132 valence electrons. The van der Waals surface area contributed by atoms with E-state index in [1.54, 1.807) is 6.92 Å². The Labute approximate surface area is 152 Å². The van der Waals surface area contributed by atoms with E-state index in [-0.39, 0.29) is 5.91 Å². The van der Waals surface area contributed by atoms with Gasteiger partial charge in [-0.15, -0.1) is 0 Å². The summed E-state index contributed by atoms with van der Waals surface area (Å²) in [7, 11) is 0. The van der Waals surface area contributed by atoms with Crippen LogP contribution >= 0.6 is 0 Å². The van der Waals surface area contributed by atoms with Crippen LogP contribution in [0.25, 0.3) is 11.1 Å². The molecule has 0 spiro atoms. The summed E-state index contributed by atoms with van der Waals surface area (Å²) < 4.78 is 5.00. The lowest BCUT2D eigenvalue weighted by atomic mass is 10.0. The number of hydrogen-bond acceptors (Lipinski definition) is 5.